The predicted octanol–water partition coefficient (Wildman–Crippen LogP) is 2.99. The Kier molecular flexibility index (Phi) is 8.50. The number of halogens is 1. The Bertz CT molecular complexity index is 423. The van der Waals surface area contributed by atoms with Crippen molar-refractivity contribution in [3.63, 3.8) is 0 Å². The van der Waals surface area contributed by atoms with E-state index in [9.17, 15) is 0 Å². The van der Waals surface area contributed by atoms with Gasteiger partial charge in [0.15, 0.2) is 0 Å². The summed E-state index contributed by atoms with van der Waals surface area (Å²) in [6, 6.07) is 3.79. The Morgan fingerprint density at radius 3 is 2.10 bits per heavy atom. The largest absolute Gasteiger partial charge is 0.493 e. The predicted molar refractivity (Wildman–Crippen MR) is 88.3 cm³/mol. The minimum Gasteiger partial charge on any atom is -0.493 e. The maximum absolute atomic E-state index is 6.30. The van der Waals surface area contributed by atoms with E-state index in [1.807, 2.05) is 12.1 Å². The van der Waals surface area contributed by atoms with Gasteiger partial charge in [-0.3, -0.25) is 0 Å². The standard InChI is InChI=1S/C16H27ClN2O2/c1-3-5-20-15-9-16(21-6-4-2)14(17)8-13(15)7-12(10-18)11-19/h8-9,12H,3-7,10-11,18-19H2,1-2H3. The first-order valence-electron chi connectivity index (χ1n) is 7.64. The van der Waals surface area contributed by atoms with Gasteiger partial charge in [0.25, 0.3) is 0 Å². The highest BCUT2D eigenvalue weighted by atomic mass is 35.5. The van der Waals surface area contributed by atoms with Crippen LogP contribution in [0.5, 0.6) is 11.5 Å². The van der Waals surface area contributed by atoms with Gasteiger partial charge in [-0.25, -0.2) is 0 Å². The van der Waals surface area contributed by atoms with Crippen molar-refractivity contribution in [3.8, 4) is 11.5 Å². The fourth-order valence-electron chi connectivity index (χ4n) is 1.98. The maximum atomic E-state index is 6.30. The van der Waals surface area contributed by atoms with Gasteiger partial charge in [0.2, 0.25) is 0 Å². The molecule has 0 radical (unpaired) electrons. The molecule has 1 rings (SSSR count). The van der Waals surface area contributed by atoms with E-state index in [0.717, 1.165) is 30.6 Å². The molecule has 0 aliphatic heterocycles. The molecule has 0 aromatic heterocycles. The maximum Gasteiger partial charge on any atom is 0.141 e. The van der Waals surface area contributed by atoms with Gasteiger partial charge in [-0.2, -0.15) is 0 Å². The highest BCUT2D eigenvalue weighted by Gasteiger charge is 2.14. The lowest BCUT2D eigenvalue weighted by atomic mass is 9.98. The van der Waals surface area contributed by atoms with Crippen LogP contribution in [0.4, 0.5) is 0 Å². The molecule has 0 spiro atoms. The van der Waals surface area contributed by atoms with E-state index in [4.69, 9.17) is 32.5 Å². The van der Waals surface area contributed by atoms with Crippen molar-refractivity contribution in [2.75, 3.05) is 26.3 Å². The Balaban J connectivity index is 3.00. The zero-order valence-corrected chi connectivity index (χ0v) is 13.8. The van der Waals surface area contributed by atoms with Crippen molar-refractivity contribution in [3.05, 3.63) is 22.7 Å². The van der Waals surface area contributed by atoms with Gasteiger partial charge in [-0.05, 0) is 49.9 Å². The van der Waals surface area contributed by atoms with Crippen LogP contribution in [0.2, 0.25) is 5.02 Å². The van der Waals surface area contributed by atoms with Crippen molar-refractivity contribution in [1.82, 2.24) is 0 Å². The molecule has 0 aliphatic rings. The van der Waals surface area contributed by atoms with Crippen LogP contribution in [0, 0.1) is 5.92 Å². The molecule has 120 valence electrons. The first kappa shape index (κ1) is 18.1. The van der Waals surface area contributed by atoms with E-state index in [0.29, 0.717) is 37.1 Å². The molecule has 0 saturated heterocycles. The monoisotopic (exact) mass is 314 g/mol. The molecular formula is C16H27ClN2O2. The molecule has 0 unspecified atom stereocenters. The first-order valence-corrected chi connectivity index (χ1v) is 8.02. The topological polar surface area (TPSA) is 70.5 Å². The number of nitrogens with two attached hydrogens (primary N) is 2. The number of rotatable bonds is 10. The second-order valence-electron chi connectivity index (χ2n) is 5.13. The molecule has 4 N–H and O–H groups in total. The summed E-state index contributed by atoms with van der Waals surface area (Å²) in [6.07, 6.45) is 2.65. The van der Waals surface area contributed by atoms with Crippen LogP contribution in [0.3, 0.4) is 0 Å². The van der Waals surface area contributed by atoms with Gasteiger partial charge in [0, 0.05) is 6.07 Å². The Morgan fingerprint density at radius 2 is 1.57 bits per heavy atom. The normalized spacial score (nSPS) is 11.0. The summed E-state index contributed by atoms with van der Waals surface area (Å²) >= 11 is 6.30. The van der Waals surface area contributed by atoms with Crippen molar-refractivity contribution < 1.29 is 9.47 Å². The van der Waals surface area contributed by atoms with Crippen LogP contribution in [0.15, 0.2) is 12.1 Å². The molecule has 5 heteroatoms. The summed E-state index contributed by atoms with van der Waals surface area (Å²) in [4.78, 5) is 0. The SMILES string of the molecule is CCCOc1cc(OCCC)c(CC(CN)CN)cc1Cl. The van der Waals surface area contributed by atoms with E-state index in [-0.39, 0.29) is 5.92 Å². The van der Waals surface area contributed by atoms with E-state index in [1.165, 1.54) is 0 Å². The minimum absolute atomic E-state index is 0.229. The highest BCUT2D eigenvalue weighted by Crippen LogP contribution is 2.34. The number of ether oxygens (including phenoxy) is 2. The van der Waals surface area contributed by atoms with Gasteiger partial charge in [-0.15, -0.1) is 0 Å². The Hall–Kier alpha value is -0.970. The average molecular weight is 315 g/mol. The smallest absolute Gasteiger partial charge is 0.141 e. The lowest BCUT2D eigenvalue weighted by Crippen LogP contribution is -2.25. The van der Waals surface area contributed by atoms with Crippen LogP contribution in [-0.2, 0) is 6.42 Å². The van der Waals surface area contributed by atoms with Gasteiger partial charge >= 0.3 is 0 Å². The van der Waals surface area contributed by atoms with Crippen molar-refractivity contribution in [2.45, 2.75) is 33.1 Å². The van der Waals surface area contributed by atoms with Gasteiger partial charge in [0.1, 0.15) is 11.5 Å². The fourth-order valence-corrected chi connectivity index (χ4v) is 2.22. The van der Waals surface area contributed by atoms with Crippen molar-refractivity contribution in [2.24, 2.45) is 17.4 Å². The summed E-state index contributed by atoms with van der Waals surface area (Å²) in [5.74, 6) is 1.72. The molecule has 0 heterocycles. The molecule has 0 amide bonds. The quantitative estimate of drug-likeness (QED) is 0.696. The molecule has 0 fully saturated rings. The van der Waals surface area contributed by atoms with Crippen LogP contribution >= 0.6 is 11.6 Å². The van der Waals surface area contributed by atoms with E-state index in [1.54, 1.807) is 0 Å². The fraction of sp³-hybridized carbons (Fsp3) is 0.625. The molecule has 0 atom stereocenters. The minimum atomic E-state index is 0.229. The van der Waals surface area contributed by atoms with E-state index < -0.39 is 0 Å². The zero-order chi connectivity index (χ0) is 15.7. The van der Waals surface area contributed by atoms with E-state index >= 15 is 0 Å². The summed E-state index contributed by atoms with van der Waals surface area (Å²) in [6.45, 7) is 6.54. The average Bonchev–Trinajstić information content (AvgIpc) is 2.50. The third-order valence-electron chi connectivity index (χ3n) is 3.21. The first-order chi connectivity index (χ1) is 10.2. The van der Waals surface area contributed by atoms with Gasteiger partial charge in [-0.1, -0.05) is 25.4 Å². The highest BCUT2D eigenvalue weighted by molar-refractivity contribution is 6.32. The summed E-state index contributed by atoms with van der Waals surface area (Å²) in [5, 5.41) is 0.607. The number of hydrogen-bond donors (Lipinski definition) is 2. The zero-order valence-electron chi connectivity index (χ0n) is 13.0. The third-order valence-corrected chi connectivity index (χ3v) is 3.51. The molecule has 4 nitrogen and oxygen atoms in total. The lowest BCUT2D eigenvalue weighted by Gasteiger charge is -2.18. The molecule has 0 saturated carbocycles. The van der Waals surface area contributed by atoms with Crippen molar-refractivity contribution in [1.29, 1.82) is 0 Å². The van der Waals surface area contributed by atoms with Gasteiger partial charge in [0.05, 0.1) is 18.2 Å². The van der Waals surface area contributed by atoms with Crippen LogP contribution in [-0.4, -0.2) is 26.3 Å². The molecular weight excluding hydrogens is 288 g/mol. The Labute approximate surface area is 132 Å². The Morgan fingerprint density at radius 1 is 1.00 bits per heavy atom. The molecule has 21 heavy (non-hydrogen) atoms. The third kappa shape index (κ3) is 5.73. The van der Waals surface area contributed by atoms with Crippen LogP contribution < -0.4 is 20.9 Å². The molecule has 0 bridgehead atoms. The van der Waals surface area contributed by atoms with Crippen LogP contribution in [0.1, 0.15) is 32.3 Å². The number of benzene rings is 1. The van der Waals surface area contributed by atoms with Crippen molar-refractivity contribution >= 4 is 11.6 Å². The lowest BCUT2D eigenvalue weighted by molar-refractivity contribution is 0.298. The second-order valence-corrected chi connectivity index (χ2v) is 5.54. The summed E-state index contributed by atoms with van der Waals surface area (Å²) in [7, 11) is 0. The van der Waals surface area contributed by atoms with Gasteiger partial charge < -0.3 is 20.9 Å². The van der Waals surface area contributed by atoms with Crippen LogP contribution in [0.25, 0.3) is 0 Å². The summed E-state index contributed by atoms with van der Waals surface area (Å²) in [5.41, 5.74) is 12.5. The molecule has 1 aromatic carbocycles. The second kappa shape index (κ2) is 9.87. The molecule has 1 aromatic rings. The summed E-state index contributed by atoms with van der Waals surface area (Å²) < 4.78 is 11.5. The van der Waals surface area contributed by atoms with E-state index in [2.05, 4.69) is 13.8 Å². The molecule has 0 aliphatic carbocycles. The number of hydrogen-bond acceptors (Lipinski definition) is 4.